The van der Waals surface area contributed by atoms with Gasteiger partial charge in [-0.2, -0.15) is 5.26 Å². The molecule has 1 aromatic heterocycles. The molecule has 92 valence electrons. The molecule has 2 rings (SSSR count). The molecule has 4 heteroatoms. The van der Waals surface area contributed by atoms with Crippen molar-refractivity contribution in [1.82, 2.24) is 9.55 Å². The first kappa shape index (κ1) is 12.2. The maximum absolute atomic E-state index is 8.93. The molecule has 0 saturated heterocycles. The lowest BCUT2D eigenvalue weighted by Gasteiger charge is -2.08. The normalized spacial score (nSPS) is 10.1. The number of aryl methyl sites for hydroxylation is 1. The molecule has 0 bridgehead atoms. The van der Waals surface area contributed by atoms with E-state index in [0.717, 1.165) is 23.5 Å². The average Bonchev–Trinajstić information content (AvgIpc) is 2.70. The van der Waals surface area contributed by atoms with Crippen molar-refractivity contribution >= 4 is 0 Å². The van der Waals surface area contributed by atoms with Gasteiger partial charge in [0, 0.05) is 12.2 Å². The van der Waals surface area contributed by atoms with Crippen LogP contribution in [0.5, 0.6) is 5.75 Å². The van der Waals surface area contributed by atoms with E-state index >= 15 is 0 Å². The Balaban J connectivity index is 2.30. The van der Waals surface area contributed by atoms with E-state index in [-0.39, 0.29) is 0 Å². The van der Waals surface area contributed by atoms with Crippen LogP contribution in [-0.4, -0.2) is 16.7 Å². The van der Waals surface area contributed by atoms with Gasteiger partial charge >= 0.3 is 0 Å². The van der Waals surface area contributed by atoms with Crippen molar-refractivity contribution in [2.75, 3.05) is 7.11 Å². The van der Waals surface area contributed by atoms with E-state index in [9.17, 15) is 0 Å². The molecule has 0 unspecified atom stereocenters. The zero-order chi connectivity index (χ0) is 13.1. The van der Waals surface area contributed by atoms with Gasteiger partial charge < -0.3 is 9.30 Å². The van der Waals surface area contributed by atoms with Gasteiger partial charge in [-0.05, 0) is 31.5 Å². The fourth-order valence-corrected chi connectivity index (χ4v) is 1.83. The topological polar surface area (TPSA) is 50.8 Å². The van der Waals surface area contributed by atoms with Gasteiger partial charge in [0.25, 0.3) is 0 Å². The number of benzene rings is 1. The van der Waals surface area contributed by atoms with Crippen LogP contribution in [0.1, 0.15) is 22.5 Å². The monoisotopic (exact) mass is 241 g/mol. The molecule has 0 atom stereocenters. The summed E-state index contributed by atoms with van der Waals surface area (Å²) in [5.41, 5.74) is 3.83. The van der Waals surface area contributed by atoms with Crippen LogP contribution < -0.4 is 4.74 Å². The van der Waals surface area contributed by atoms with E-state index in [2.05, 4.69) is 15.6 Å². The molecule has 1 heterocycles. The zero-order valence-corrected chi connectivity index (χ0v) is 10.8. The summed E-state index contributed by atoms with van der Waals surface area (Å²) in [5.74, 6) is 0.615. The fraction of sp³-hybridized carbons (Fsp3) is 0.286. The molecule has 0 spiro atoms. The summed E-state index contributed by atoms with van der Waals surface area (Å²) in [6.45, 7) is 4.77. The van der Waals surface area contributed by atoms with E-state index in [1.54, 1.807) is 13.2 Å². The minimum atomic E-state index is 0.555. The highest BCUT2D eigenvalue weighted by molar-refractivity contribution is 5.45. The van der Waals surface area contributed by atoms with Crippen molar-refractivity contribution in [3.05, 3.63) is 47.0 Å². The Morgan fingerprint density at radius 1 is 1.39 bits per heavy atom. The molecular weight excluding hydrogens is 226 g/mol. The van der Waals surface area contributed by atoms with Gasteiger partial charge in [-0.25, -0.2) is 4.98 Å². The number of rotatable bonds is 3. The van der Waals surface area contributed by atoms with Crippen molar-refractivity contribution in [1.29, 1.82) is 5.26 Å². The van der Waals surface area contributed by atoms with E-state index < -0.39 is 0 Å². The highest BCUT2D eigenvalue weighted by Crippen LogP contribution is 2.20. The van der Waals surface area contributed by atoms with Crippen LogP contribution >= 0.6 is 0 Å². The summed E-state index contributed by atoms with van der Waals surface area (Å²) < 4.78 is 7.28. The van der Waals surface area contributed by atoms with Gasteiger partial charge in [-0.3, -0.25) is 0 Å². The Morgan fingerprint density at radius 3 is 2.72 bits per heavy atom. The second kappa shape index (κ2) is 4.92. The molecule has 0 radical (unpaired) electrons. The number of hydrogen-bond acceptors (Lipinski definition) is 3. The quantitative estimate of drug-likeness (QED) is 0.829. The van der Waals surface area contributed by atoms with Crippen LogP contribution in [0.2, 0.25) is 0 Å². The van der Waals surface area contributed by atoms with E-state index in [1.807, 2.05) is 32.3 Å². The first-order valence-electron chi connectivity index (χ1n) is 5.71. The molecule has 0 aliphatic carbocycles. The lowest BCUT2D eigenvalue weighted by molar-refractivity contribution is 0.413. The van der Waals surface area contributed by atoms with Gasteiger partial charge in [0.2, 0.25) is 0 Å². The number of ether oxygens (including phenoxy) is 1. The largest absolute Gasteiger partial charge is 0.495 e. The van der Waals surface area contributed by atoms with Crippen LogP contribution in [0.4, 0.5) is 0 Å². The summed E-state index contributed by atoms with van der Waals surface area (Å²) in [6, 6.07) is 7.73. The van der Waals surface area contributed by atoms with E-state index in [0.29, 0.717) is 11.3 Å². The lowest BCUT2D eigenvalue weighted by atomic mass is 10.1. The number of hydrogen-bond donors (Lipinski definition) is 0. The minimum Gasteiger partial charge on any atom is -0.495 e. The Bertz CT molecular complexity index is 608. The van der Waals surface area contributed by atoms with Crippen molar-refractivity contribution in [2.45, 2.75) is 20.4 Å². The van der Waals surface area contributed by atoms with Gasteiger partial charge in [-0.1, -0.05) is 6.07 Å². The second-order valence-electron chi connectivity index (χ2n) is 4.19. The highest BCUT2D eigenvalue weighted by atomic mass is 16.5. The van der Waals surface area contributed by atoms with Crippen LogP contribution in [0, 0.1) is 25.2 Å². The minimum absolute atomic E-state index is 0.555. The van der Waals surface area contributed by atoms with Gasteiger partial charge in [0.15, 0.2) is 0 Å². The molecular formula is C14H15N3O. The summed E-state index contributed by atoms with van der Waals surface area (Å²) in [4.78, 5) is 4.27. The van der Waals surface area contributed by atoms with Crippen LogP contribution in [0.15, 0.2) is 24.5 Å². The summed E-state index contributed by atoms with van der Waals surface area (Å²) in [6.07, 6.45) is 1.83. The lowest BCUT2D eigenvalue weighted by Crippen LogP contribution is -2.01. The Morgan fingerprint density at radius 2 is 2.17 bits per heavy atom. The van der Waals surface area contributed by atoms with Gasteiger partial charge in [0.05, 0.1) is 24.7 Å². The van der Waals surface area contributed by atoms with Crippen molar-refractivity contribution < 1.29 is 4.74 Å². The fourth-order valence-electron chi connectivity index (χ4n) is 1.83. The highest BCUT2D eigenvalue weighted by Gasteiger charge is 2.06. The summed E-state index contributed by atoms with van der Waals surface area (Å²) in [7, 11) is 1.58. The molecule has 4 nitrogen and oxygen atoms in total. The maximum atomic E-state index is 8.93. The predicted molar refractivity (Wildman–Crippen MR) is 68.5 cm³/mol. The molecule has 2 aromatic rings. The van der Waals surface area contributed by atoms with E-state index in [1.165, 1.54) is 0 Å². The van der Waals surface area contributed by atoms with Crippen LogP contribution in [0.3, 0.4) is 0 Å². The SMILES string of the molecule is COc1cc(Cn2cnc(C)c2C)ccc1C#N. The third-order valence-electron chi connectivity index (χ3n) is 3.08. The molecule has 18 heavy (non-hydrogen) atoms. The maximum Gasteiger partial charge on any atom is 0.136 e. The third-order valence-corrected chi connectivity index (χ3v) is 3.08. The first-order chi connectivity index (χ1) is 8.65. The Kier molecular flexibility index (Phi) is 3.33. The number of nitrogens with zero attached hydrogens (tertiary/aromatic N) is 3. The molecule has 0 saturated carbocycles. The molecule has 1 aromatic carbocycles. The van der Waals surface area contributed by atoms with Crippen LogP contribution in [-0.2, 0) is 6.54 Å². The van der Waals surface area contributed by atoms with Gasteiger partial charge in [0.1, 0.15) is 11.8 Å². The number of methoxy groups -OCH3 is 1. The second-order valence-corrected chi connectivity index (χ2v) is 4.19. The number of nitriles is 1. The van der Waals surface area contributed by atoms with E-state index in [4.69, 9.17) is 10.00 Å². The molecule has 0 aliphatic rings. The first-order valence-corrected chi connectivity index (χ1v) is 5.71. The van der Waals surface area contributed by atoms with Crippen molar-refractivity contribution in [3.8, 4) is 11.8 Å². The Labute approximate surface area is 106 Å². The molecule has 0 N–H and O–H groups in total. The third kappa shape index (κ3) is 2.21. The molecule has 0 amide bonds. The standard InChI is InChI=1S/C14H15N3O/c1-10-11(2)17(9-16-10)8-12-4-5-13(7-15)14(6-12)18-3/h4-6,9H,8H2,1-3H3. The smallest absolute Gasteiger partial charge is 0.136 e. The van der Waals surface area contributed by atoms with Gasteiger partial charge in [-0.15, -0.1) is 0 Å². The van der Waals surface area contributed by atoms with Crippen LogP contribution in [0.25, 0.3) is 0 Å². The molecule has 0 fully saturated rings. The number of imidazole rings is 1. The van der Waals surface area contributed by atoms with Crippen molar-refractivity contribution in [3.63, 3.8) is 0 Å². The molecule has 0 aliphatic heterocycles. The predicted octanol–water partition coefficient (Wildman–Crippen LogP) is 2.43. The number of aromatic nitrogens is 2. The summed E-state index contributed by atoms with van der Waals surface area (Å²) >= 11 is 0. The Hall–Kier alpha value is -2.28. The average molecular weight is 241 g/mol. The van der Waals surface area contributed by atoms with Crippen molar-refractivity contribution in [2.24, 2.45) is 0 Å². The summed E-state index contributed by atoms with van der Waals surface area (Å²) in [5, 5.41) is 8.93. The zero-order valence-electron chi connectivity index (χ0n) is 10.8.